The van der Waals surface area contributed by atoms with Crippen LogP contribution in [0.5, 0.6) is 5.88 Å². The maximum absolute atomic E-state index is 5.42. The minimum absolute atomic E-state index is 0.567. The molecule has 3 nitrogen and oxygen atoms in total. The second kappa shape index (κ2) is 2.75. The number of methoxy groups -OCH3 is 1. The molecular formula is C7H12N2O. The highest BCUT2D eigenvalue weighted by Crippen LogP contribution is 2.13. The van der Waals surface area contributed by atoms with Crippen LogP contribution in [0.25, 0.3) is 0 Å². The van der Waals surface area contributed by atoms with E-state index in [1.807, 2.05) is 23.9 Å². The van der Waals surface area contributed by atoms with E-state index in [2.05, 4.69) is 0 Å². The van der Waals surface area contributed by atoms with Crippen LogP contribution in [0.3, 0.4) is 0 Å². The van der Waals surface area contributed by atoms with Crippen molar-refractivity contribution in [3.8, 4) is 5.88 Å². The molecule has 3 heteroatoms. The Labute approximate surface area is 60.4 Å². The predicted octanol–water partition coefficient (Wildman–Crippen LogP) is 0.492. The van der Waals surface area contributed by atoms with E-state index in [0.29, 0.717) is 6.54 Å². The molecule has 0 aliphatic heterocycles. The molecule has 0 unspecified atom stereocenters. The smallest absolute Gasteiger partial charge is 0.193 e. The number of aromatic nitrogens is 1. The number of aryl methyl sites for hydroxylation is 1. The third-order valence-electron chi connectivity index (χ3n) is 1.46. The Bertz CT molecular complexity index is 217. The molecule has 1 rings (SSSR count). The van der Waals surface area contributed by atoms with Crippen LogP contribution in [0.1, 0.15) is 5.56 Å². The summed E-state index contributed by atoms with van der Waals surface area (Å²) in [5.41, 5.74) is 6.51. The fraction of sp³-hybridized carbons (Fsp3) is 0.429. The highest BCUT2D eigenvalue weighted by molar-refractivity contribution is 5.22. The second-order valence-electron chi connectivity index (χ2n) is 2.21. The summed E-state index contributed by atoms with van der Waals surface area (Å²) in [5.74, 6) is 0.848. The Kier molecular flexibility index (Phi) is 1.97. The molecule has 1 aromatic heterocycles. The van der Waals surface area contributed by atoms with E-state index >= 15 is 0 Å². The van der Waals surface area contributed by atoms with Crippen molar-refractivity contribution in [3.05, 3.63) is 17.8 Å². The van der Waals surface area contributed by atoms with Crippen molar-refractivity contribution in [3.63, 3.8) is 0 Å². The third kappa shape index (κ3) is 1.14. The van der Waals surface area contributed by atoms with E-state index in [-0.39, 0.29) is 0 Å². The van der Waals surface area contributed by atoms with Crippen LogP contribution in [0, 0.1) is 0 Å². The maximum atomic E-state index is 5.42. The molecule has 0 aromatic carbocycles. The topological polar surface area (TPSA) is 40.2 Å². The number of nitrogens with two attached hydrogens (primary N) is 1. The second-order valence-corrected chi connectivity index (χ2v) is 2.21. The van der Waals surface area contributed by atoms with Crippen LogP contribution in [-0.2, 0) is 13.6 Å². The lowest BCUT2D eigenvalue weighted by Gasteiger charge is -1.97. The van der Waals surface area contributed by atoms with Gasteiger partial charge in [-0.1, -0.05) is 0 Å². The highest BCUT2D eigenvalue weighted by atomic mass is 16.5. The molecule has 1 aromatic rings. The molecule has 0 saturated carbocycles. The first kappa shape index (κ1) is 7.15. The fourth-order valence-electron chi connectivity index (χ4n) is 0.925. The van der Waals surface area contributed by atoms with Gasteiger partial charge in [-0.2, -0.15) is 0 Å². The van der Waals surface area contributed by atoms with E-state index in [9.17, 15) is 0 Å². The number of ether oxygens (including phenoxy) is 1. The Morgan fingerprint density at radius 2 is 2.40 bits per heavy atom. The van der Waals surface area contributed by atoms with Crippen molar-refractivity contribution in [2.75, 3.05) is 7.11 Å². The predicted molar refractivity (Wildman–Crippen MR) is 39.9 cm³/mol. The van der Waals surface area contributed by atoms with Crippen molar-refractivity contribution in [1.82, 2.24) is 4.57 Å². The van der Waals surface area contributed by atoms with Gasteiger partial charge in [0, 0.05) is 25.9 Å². The Morgan fingerprint density at radius 1 is 1.70 bits per heavy atom. The van der Waals surface area contributed by atoms with Crippen LogP contribution in [0.15, 0.2) is 12.3 Å². The molecule has 56 valence electrons. The summed E-state index contributed by atoms with van der Waals surface area (Å²) < 4.78 is 6.94. The number of rotatable bonds is 2. The molecule has 10 heavy (non-hydrogen) atoms. The van der Waals surface area contributed by atoms with Crippen LogP contribution in [0.2, 0.25) is 0 Å². The SMILES string of the molecule is COc1cc(CN)cn1C. The summed E-state index contributed by atoms with van der Waals surface area (Å²) >= 11 is 0. The first-order valence-electron chi connectivity index (χ1n) is 3.17. The molecule has 0 saturated heterocycles. The quantitative estimate of drug-likeness (QED) is 0.649. The average Bonchev–Trinajstić information content (AvgIpc) is 2.30. The molecule has 0 aliphatic rings. The van der Waals surface area contributed by atoms with Gasteiger partial charge in [0.2, 0.25) is 0 Å². The van der Waals surface area contributed by atoms with Gasteiger partial charge in [0.15, 0.2) is 5.88 Å². The number of hydrogen-bond acceptors (Lipinski definition) is 2. The normalized spacial score (nSPS) is 9.90. The van der Waals surface area contributed by atoms with Gasteiger partial charge in [0.05, 0.1) is 7.11 Å². The van der Waals surface area contributed by atoms with Gasteiger partial charge in [-0.05, 0) is 5.56 Å². The fourth-order valence-corrected chi connectivity index (χ4v) is 0.925. The lowest BCUT2D eigenvalue weighted by atomic mass is 10.3. The van der Waals surface area contributed by atoms with Gasteiger partial charge in [-0.25, -0.2) is 0 Å². The van der Waals surface area contributed by atoms with Crippen molar-refractivity contribution in [2.24, 2.45) is 12.8 Å². The summed E-state index contributed by atoms with van der Waals surface area (Å²) in [7, 11) is 3.58. The summed E-state index contributed by atoms with van der Waals surface area (Å²) in [4.78, 5) is 0. The minimum Gasteiger partial charge on any atom is -0.482 e. The van der Waals surface area contributed by atoms with Gasteiger partial charge in [0.1, 0.15) is 0 Å². The van der Waals surface area contributed by atoms with Crippen molar-refractivity contribution in [2.45, 2.75) is 6.54 Å². The van der Waals surface area contributed by atoms with E-state index in [0.717, 1.165) is 11.4 Å². The zero-order chi connectivity index (χ0) is 7.56. The molecule has 0 atom stereocenters. The van der Waals surface area contributed by atoms with Gasteiger partial charge < -0.3 is 15.0 Å². The zero-order valence-electron chi connectivity index (χ0n) is 6.29. The van der Waals surface area contributed by atoms with Crippen molar-refractivity contribution >= 4 is 0 Å². The van der Waals surface area contributed by atoms with Crippen LogP contribution in [0.4, 0.5) is 0 Å². The van der Waals surface area contributed by atoms with Crippen LogP contribution < -0.4 is 10.5 Å². The molecule has 0 radical (unpaired) electrons. The minimum atomic E-state index is 0.567. The van der Waals surface area contributed by atoms with E-state index in [4.69, 9.17) is 10.5 Å². The number of nitrogens with zero attached hydrogens (tertiary/aromatic N) is 1. The molecule has 2 N–H and O–H groups in total. The van der Waals surface area contributed by atoms with Crippen LogP contribution in [-0.4, -0.2) is 11.7 Å². The Hall–Kier alpha value is -0.960. The molecule has 0 fully saturated rings. The average molecular weight is 140 g/mol. The Balaban J connectivity index is 2.92. The standard InChI is InChI=1S/C7H12N2O/c1-9-5-6(4-8)3-7(9)10-2/h3,5H,4,8H2,1-2H3. The van der Waals surface area contributed by atoms with E-state index < -0.39 is 0 Å². The van der Waals surface area contributed by atoms with Crippen molar-refractivity contribution < 1.29 is 4.74 Å². The first-order chi connectivity index (χ1) is 4.77. The summed E-state index contributed by atoms with van der Waals surface area (Å²) in [6.07, 6.45) is 1.96. The Morgan fingerprint density at radius 3 is 2.70 bits per heavy atom. The van der Waals surface area contributed by atoms with Crippen LogP contribution >= 0.6 is 0 Å². The zero-order valence-corrected chi connectivity index (χ0v) is 6.29. The molecule has 0 aliphatic carbocycles. The van der Waals surface area contributed by atoms with Gasteiger partial charge in [-0.15, -0.1) is 0 Å². The van der Waals surface area contributed by atoms with Gasteiger partial charge in [0.25, 0.3) is 0 Å². The monoisotopic (exact) mass is 140 g/mol. The maximum Gasteiger partial charge on any atom is 0.193 e. The molecule has 0 amide bonds. The lowest BCUT2D eigenvalue weighted by molar-refractivity contribution is 0.382. The summed E-state index contributed by atoms with van der Waals surface area (Å²) in [6, 6.07) is 1.93. The summed E-state index contributed by atoms with van der Waals surface area (Å²) in [5, 5.41) is 0. The summed E-state index contributed by atoms with van der Waals surface area (Å²) in [6.45, 7) is 0.567. The first-order valence-corrected chi connectivity index (χ1v) is 3.17. The van der Waals surface area contributed by atoms with E-state index in [1.54, 1.807) is 7.11 Å². The molecule has 0 bridgehead atoms. The number of hydrogen-bond donors (Lipinski definition) is 1. The third-order valence-corrected chi connectivity index (χ3v) is 1.46. The molecule has 0 spiro atoms. The highest BCUT2D eigenvalue weighted by Gasteiger charge is 1.99. The van der Waals surface area contributed by atoms with Crippen molar-refractivity contribution in [1.29, 1.82) is 0 Å². The lowest BCUT2D eigenvalue weighted by Crippen LogP contribution is -1.93. The largest absolute Gasteiger partial charge is 0.482 e. The van der Waals surface area contributed by atoms with E-state index in [1.165, 1.54) is 0 Å². The van der Waals surface area contributed by atoms with Gasteiger partial charge in [-0.3, -0.25) is 0 Å². The molecular weight excluding hydrogens is 128 g/mol. The van der Waals surface area contributed by atoms with Gasteiger partial charge >= 0.3 is 0 Å². The molecule has 1 heterocycles.